The molecule has 0 aliphatic heterocycles. The molecule has 9 nitrogen and oxygen atoms in total. The molecule has 10 rings (SSSR count). The number of allylic oxidation sites excluding steroid dienone is 8. The second-order valence-electron chi connectivity index (χ2n) is 23.8. The van der Waals surface area contributed by atoms with E-state index >= 15 is 0 Å². The van der Waals surface area contributed by atoms with Crippen molar-refractivity contribution in [1.29, 1.82) is 5.41 Å². The first-order valence-electron chi connectivity index (χ1n) is 26.7. The third-order valence-corrected chi connectivity index (χ3v) is 20.9. The molecular formula is C60H87N3O6. The number of nitrogens with one attached hydrogen (secondary N) is 1. The number of fused-ring (bicyclic) bond motifs is 10. The van der Waals surface area contributed by atoms with E-state index in [-0.39, 0.29) is 56.2 Å². The van der Waals surface area contributed by atoms with Crippen LogP contribution in [0.2, 0.25) is 0 Å². The molecule has 2 aromatic rings. The summed E-state index contributed by atoms with van der Waals surface area (Å²) in [4.78, 5) is 29.9. The number of aliphatic imine (C=N–C) groups is 1. The first-order chi connectivity index (χ1) is 32.4. The molecule has 0 saturated heterocycles. The Balaban J connectivity index is 0.000000175. The standard InChI is InChI=1S/C29H39NO3.C24H35NO2.C5H7NO.C2H6/c1-7-25(32)29(6)17(2)12-23-22-9-8-19-14-20(30-21-13-18(3)33-16-21)10-11-27(19,4)26(22)24(31)15-28(23,29)5;1-6-20(25)24(5)14(2)11-18-17-8-7-15-12-16(26)9-10-22(15,3)21(17)19(27)13-23(18,24)4;1-4-2-5(6)3-7-4;1-2/h10-11,13-14,16-17,22-24,26,31H,7-9,12,15H2,1-6H3;9-10,12,14,17-19,21,25,27H,6-8,11,13H2,1-5H3;2-3H,6H2,1H3;1-2H3/t17-,22+,23+,24+,26-,27+,28+,29-;14-,17+,18+,19+,21-,22+,23+,24-;;/m11../s1. The van der Waals surface area contributed by atoms with Gasteiger partial charge in [-0.05, 0) is 142 Å². The Kier molecular flexibility index (Phi) is 14.6. The van der Waals surface area contributed by atoms with Crippen LogP contribution in [0.3, 0.4) is 0 Å². The van der Waals surface area contributed by atoms with Crippen LogP contribution in [0.5, 0.6) is 0 Å². The van der Waals surface area contributed by atoms with Gasteiger partial charge in [0.25, 0.3) is 0 Å². The second kappa shape index (κ2) is 19.2. The van der Waals surface area contributed by atoms with Gasteiger partial charge in [0.1, 0.15) is 35.5 Å². The van der Waals surface area contributed by atoms with Gasteiger partial charge in [-0.15, -0.1) is 0 Å². The minimum absolute atomic E-state index is 0.0220. The molecule has 5 N–H and O–H groups in total. The van der Waals surface area contributed by atoms with E-state index in [2.05, 4.69) is 86.6 Å². The summed E-state index contributed by atoms with van der Waals surface area (Å²) in [6.45, 7) is 30.2. The second-order valence-corrected chi connectivity index (χ2v) is 23.8. The van der Waals surface area contributed by atoms with Crippen LogP contribution < -0.4 is 5.73 Å². The Labute approximate surface area is 414 Å². The van der Waals surface area contributed by atoms with Crippen molar-refractivity contribution in [3.63, 3.8) is 0 Å². The lowest BCUT2D eigenvalue weighted by Gasteiger charge is -2.60. The number of Topliss-reactive ketones (excluding diaryl/α,β-unsaturated/α-hetero) is 1. The van der Waals surface area contributed by atoms with Gasteiger partial charge < -0.3 is 30.2 Å². The smallest absolute Gasteiger partial charge is 0.178 e. The summed E-state index contributed by atoms with van der Waals surface area (Å²) in [6, 6.07) is 3.73. The molecule has 8 aliphatic carbocycles. The van der Waals surface area contributed by atoms with Crippen molar-refractivity contribution in [2.75, 3.05) is 5.73 Å². The molecular weight excluding hydrogens is 859 g/mol. The fraction of sp³-hybridized carbons (Fsp3) is 0.667. The maximum Gasteiger partial charge on any atom is 0.178 e. The van der Waals surface area contributed by atoms with Crippen LogP contribution in [0.25, 0.3) is 0 Å². The Morgan fingerprint density at radius 1 is 0.754 bits per heavy atom. The van der Waals surface area contributed by atoms with Gasteiger partial charge in [0.15, 0.2) is 5.78 Å². The number of ketones is 2. The highest BCUT2D eigenvalue weighted by molar-refractivity contribution is 6.07. The van der Waals surface area contributed by atoms with Gasteiger partial charge in [0.05, 0.1) is 23.6 Å². The van der Waals surface area contributed by atoms with Crippen LogP contribution in [-0.2, 0) is 9.59 Å². The van der Waals surface area contributed by atoms with Crippen LogP contribution in [0, 0.1) is 99.1 Å². The van der Waals surface area contributed by atoms with E-state index < -0.39 is 6.10 Å². The van der Waals surface area contributed by atoms with Crippen LogP contribution in [0.15, 0.2) is 86.1 Å². The number of anilines is 1. The number of aliphatic hydroxyl groups is 2. The van der Waals surface area contributed by atoms with E-state index in [4.69, 9.17) is 25.0 Å². The fourth-order valence-electron chi connectivity index (χ4n) is 16.9. The maximum absolute atomic E-state index is 13.2. The number of furan rings is 2. The van der Waals surface area contributed by atoms with Crippen LogP contribution >= 0.6 is 0 Å². The zero-order chi connectivity index (χ0) is 50.8. The number of aliphatic hydroxyl groups excluding tert-OH is 2. The maximum atomic E-state index is 13.2. The lowest BCUT2D eigenvalue weighted by molar-refractivity contribution is -0.155. The van der Waals surface area contributed by atoms with Gasteiger partial charge in [-0.1, -0.05) is 106 Å². The molecule has 2 aromatic heterocycles. The predicted octanol–water partition coefficient (Wildman–Crippen LogP) is 13.7. The minimum atomic E-state index is -0.404. The van der Waals surface area contributed by atoms with E-state index in [9.17, 15) is 19.8 Å². The third-order valence-electron chi connectivity index (χ3n) is 20.9. The Bertz CT molecular complexity index is 2420. The number of nitrogens with two attached hydrogens (primary N) is 1. The van der Waals surface area contributed by atoms with Crippen molar-refractivity contribution in [1.82, 2.24) is 0 Å². The molecule has 378 valence electrons. The van der Waals surface area contributed by atoms with Gasteiger partial charge in [-0.3, -0.25) is 9.59 Å². The van der Waals surface area contributed by atoms with Gasteiger partial charge in [-0.25, -0.2) is 4.99 Å². The molecule has 6 saturated carbocycles. The number of hydrogen-bond donors (Lipinski definition) is 4. The van der Waals surface area contributed by atoms with Gasteiger partial charge >= 0.3 is 0 Å². The highest BCUT2D eigenvalue weighted by Gasteiger charge is 2.70. The average Bonchev–Trinajstić information content (AvgIpc) is 4.02. The highest BCUT2D eigenvalue weighted by atomic mass is 16.3. The van der Waals surface area contributed by atoms with Crippen molar-refractivity contribution in [2.45, 2.75) is 173 Å². The van der Waals surface area contributed by atoms with Crippen molar-refractivity contribution in [2.24, 2.45) is 84.8 Å². The van der Waals surface area contributed by atoms with Gasteiger partial charge in [0, 0.05) is 57.8 Å². The summed E-state index contributed by atoms with van der Waals surface area (Å²) < 4.78 is 10.2. The highest BCUT2D eigenvalue weighted by Crippen LogP contribution is 2.73. The summed E-state index contributed by atoms with van der Waals surface area (Å²) >= 11 is 0. The summed E-state index contributed by atoms with van der Waals surface area (Å²) in [5.74, 6) is 5.32. The third kappa shape index (κ3) is 8.29. The molecule has 9 heteroatoms. The molecule has 0 amide bonds. The Morgan fingerprint density at radius 3 is 1.71 bits per heavy atom. The number of nitrogen functional groups attached to an aromatic ring is 1. The quantitative estimate of drug-likeness (QED) is 0.217. The Morgan fingerprint density at radius 2 is 1.25 bits per heavy atom. The monoisotopic (exact) mass is 946 g/mol. The minimum Gasteiger partial charge on any atom is -0.467 e. The lowest BCUT2D eigenvalue weighted by atomic mass is 9.44. The number of carbonyl (C=O) groups excluding carboxylic acids is 2. The van der Waals surface area contributed by atoms with Crippen molar-refractivity contribution < 1.29 is 28.6 Å². The van der Waals surface area contributed by atoms with Crippen molar-refractivity contribution in [3.05, 3.63) is 83.8 Å². The SMILES string of the molecule is CC.CCC(=N)[C@@]1(C)[C@H](C)C[C@H]2[C@@H]3CCC4=CC(=O)C=C[C@]4(C)[C@H]3[C@@H](O)C[C@@]21C.CCC(=O)[C@@]1(C)[C@H](C)C[C@H]2[C@@H]3CCC4=CC(=Nc5coc(C)c5)C=C[C@]4(C)[C@H]3[C@@H](O)C[C@@]21C.Cc1cc(N)co1. The molecule has 0 bridgehead atoms. The molecule has 6 fully saturated rings. The number of aryl methyl sites for hydroxylation is 2. The molecule has 69 heavy (non-hydrogen) atoms. The summed E-state index contributed by atoms with van der Waals surface area (Å²) in [5.41, 5.74) is 10.2. The van der Waals surface area contributed by atoms with E-state index in [1.807, 2.05) is 46.8 Å². The van der Waals surface area contributed by atoms with Crippen LogP contribution in [-0.4, -0.2) is 45.4 Å². The molecule has 2 heterocycles. The van der Waals surface area contributed by atoms with Gasteiger partial charge in [-0.2, -0.15) is 0 Å². The fourth-order valence-corrected chi connectivity index (χ4v) is 16.9. The lowest BCUT2D eigenvalue weighted by Crippen LogP contribution is -2.58. The Hall–Kier alpha value is -4.08. The van der Waals surface area contributed by atoms with E-state index in [1.165, 1.54) is 17.4 Å². The molecule has 8 aliphatic rings. The van der Waals surface area contributed by atoms with Crippen molar-refractivity contribution >= 4 is 34.4 Å². The number of carbonyl (C=O) groups is 2. The molecule has 0 spiro atoms. The first-order valence-corrected chi connectivity index (χ1v) is 26.7. The van der Waals surface area contributed by atoms with Gasteiger partial charge in [0.2, 0.25) is 0 Å². The zero-order valence-electron chi connectivity index (χ0n) is 44.7. The normalized spacial score (nSPS) is 42.8. The van der Waals surface area contributed by atoms with Crippen LogP contribution in [0.1, 0.15) is 159 Å². The van der Waals surface area contributed by atoms with E-state index in [0.29, 0.717) is 53.4 Å². The number of nitrogens with zero attached hydrogens (tertiary/aromatic N) is 1. The first kappa shape index (κ1) is 52.7. The van der Waals surface area contributed by atoms with Crippen molar-refractivity contribution in [3.8, 4) is 0 Å². The summed E-state index contributed by atoms with van der Waals surface area (Å²) in [6.07, 6.45) is 24.0. The summed E-state index contributed by atoms with van der Waals surface area (Å²) in [5, 5.41) is 31.9. The van der Waals surface area contributed by atoms with E-state index in [1.54, 1.807) is 18.4 Å². The number of rotatable bonds is 5. The molecule has 0 aromatic carbocycles. The van der Waals surface area contributed by atoms with E-state index in [0.717, 1.165) is 86.4 Å². The van der Waals surface area contributed by atoms with Crippen LogP contribution in [0.4, 0.5) is 11.4 Å². The number of hydrogen-bond acceptors (Lipinski definition) is 9. The summed E-state index contributed by atoms with van der Waals surface area (Å²) in [7, 11) is 0. The molecule has 0 unspecified atom stereocenters. The zero-order valence-corrected chi connectivity index (χ0v) is 44.7. The topological polar surface area (TPSA) is 163 Å². The largest absolute Gasteiger partial charge is 0.467 e. The average molecular weight is 946 g/mol. The molecule has 0 radical (unpaired) electrons. The predicted molar refractivity (Wildman–Crippen MR) is 279 cm³/mol. The molecule has 16 atom stereocenters.